The minimum absolute atomic E-state index is 0.579. The summed E-state index contributed by atoms with van der Waals surface area (Å²) < 4.78 is 5.40. The lowest BCUT2D eigenvalue weighted by Crippen LogP contribution is -1.86. The van der Waals surface area contributed by atoms with Gasteiger partial charge >= 0.3 is 0 Å². The Morgan fingerprint density at radius 2 is 2.00 bits per heavy atom. The van der Waals surface area contributed by atoms with Gasteiger partial charge in [0.25, 0.3) is 0 Å². The van der Waals surface area contributed by atoms with E-state index in [0.29, 0.717) is 11.6 Å². The van der Waals surface area contributed by atoms with Crippen molar-refractivity contribution in [2.45, 2.75) is 0 Å². The van der Waals surface area contributed by atoms with Crippen molar-refractivity contribution in [3.8, 4) is 11.6 Å². The Balaban J connectivity index is 2.16. The lowest BCUT2D eigenvalue weighted by Gasteiger charge is -2.01. The van der Waals surface area contributed by atoms with Crippen molar-refractivity contribution in [1.29, 1.82) is 0 Å². The van der Waals surface area contributed by atoms with E-state index in [9.17, 15) is 0 Å². The first kappa shape index (κ1) is 7.73. The van der Waals surface area contributed by atoms with E-state index < -0.39 is 0 Å². The number of pyridine rings is 2. The first-order chi connectivity index (χ1) is 6.45. The molecule has 0 spiro atoms. The molecule has 0 N–H and O–H groups in total. The molecule has 64 valence electrons. The van der Waals surface area contributed by atoms with Crippen LogP contribution in [-0.4, -0.2) is 9.97 Å². The van der Waals surface area contributed by atoms with Gasteiger partial charge in [0.1, 0.15) is 5.75 Å². The number of hydrogen-bond donors (Lipinski definition) is 0. The molecule has 0 radical (unpaired) electrons. The molecule has 3 heteroatoms. The quantitative estimate of drug-likeness (QED) is 0.697. The van der Waals surface area contributed by atoms with Gasteiger partial charge in [0, 0.05) is 18.5 Å². The highest BCUT2D eigenvalue weighted by atomic mass is 16.5. The highest BCUT2D eigenvalue weighted by Gasteiger charge is 1.94. The van der Waals surface area contributed by atoms with Crippen molar-refractivity contribution < 1.29 is 4.74 Å². The van der Waals surface area contributed by atoms with Crippen LogP contribution >= 0.6 is 0 Å². The van der Waals surface area contributed by atoms with E-state index in [4.69, 9.17) is 4.74 Å². The van der Waals surface area contributed by atoms with Gasteiger partial charge in [-0.05, 0) is 18.2 Å². The van der Waals surface area contributed by atoms with Crippen LogP contribution in [0.4, 0.5) is 0 Å². The average molecular weight is 172 g/mol. The van der Waals surface area contributed by atoms with E-state index >= 15 is 0 Å². The molecule has 0 saturated heterocycles. The maximum Gasteiger partial charge on any atom is 0.219 e. The first-order valence-corrected chi connectivity index (χ1v) is 3.94. The fourth-order valence-electron chi connectivity index (χ4n) is 0.936. The molecule has 2 rings (SSSR count). The molecule has 0 amide bonds. The summed E-state index contributed by atoms with van der Waals surface area (Å²) in [4.78, 5) is 7.95. The summed E-state index contributed by atoms with van der Waals surface area (Å²) in [5, 5.41) is 0. The zero-order chi connectivity index (χ0) is 8.93. The first-order valence-electron chi connectivity index (χ1n) is 3.94. The van der Waals surface area contributed by atoms with Gasteiger partial charge in [0.2, 0.25) is 5.88 Å². The molecule has 3 nitrogen and oxygen atoms in total. The molecule has 2 heterocycles. The number of hydrogen-bond acceptors (Lipinski definition) is 3. The molecular weight excluding hydrogens is 164 g/mol. The summed E-state index contributed by atoms with van der Waals surface area (Å²) in [5.41, 5.74) is 0. The fourth-order valence-corrected chi connectivity index (χ4v) is 0.936. The van der Waals surface area contributed by atoms with E-state index in [0.717, 1.165) is 0 Å². The van der Waals surface area contributed by atoms with Crippen LogP contribution in [0.2, 0.25) is 0 Å². The maximum absolute atomic E-state index is 5.40. The second kappa shape index (κ2) is 3.67. The largest absolute Gasteiger partial charge is 0.437 e. The molecule has 0 atom stereocenters. The number of aromatic nitrogens is 2. The standard InChI is InChI=1S/C10H8N2O/c1-2-7-12-10(5-1)13-9-4-3-6-11-8-9/h1-8H. The molecule has 2 aromatic rings. The van der Waals surface area contributed by atoms with Crippen LogP contribution in [0.5, 0.6) is 11.6 Å². The third-order valence-electron chi connectivity index (χ3n) is 1.49. The SMILES string of the molecule is c1ccc(Oc2cccnc2)nc1. The second-order valence-electron chi connectivity index (χ2n) is 2.46. The van der Waals surface area contributed by atoms with Crippen molar-refractivity contribution in [2.24, 2.45) is 0 Å². The van der Waals surface area contributed by atoms with Gasteiger partial charge in [-0.1, -0.05) is 6.07 Å². The molecule has 0 aliphatic heterocycles. The third-order valence-corrected chi connectivity index (χ3v) is 1.49. The van der Waals surface area contributed by atoms with Crippen LogP contribution in [0.3, 0.4) is 0 Å². The predicted molar refractivity (Wildman–Crippen MR) is 48.5 cm³/mol. The molecule has 0 saturated carbocycles. The van der Waals surface area contributed by atoms with Crippen molar-refractivity contribution in [3.63, 3.8) is 0 Å². The molecule has 0 fully saturated rings. The van der Waals surface area contributed by atoms with E-state index in [2.05, 4.69) is 9.97 Å². The Labute approximate surface area is 76.0 Å². The van der Waals surface area contributed by atoms with Gasteiger partial charge in [0.05, 0.1) is 6.20 Å². The van der Waals surface area contributed by atoms with E-state index in [1.54, 1.807) is 24.7 Å². The number of ether oxygens (including phenoxy) is 1. The molecule has 0 aliphatic rings. The molecule has 0 bridgehead atoms. The van der Waals surface area contributed by atoms with Crippen molar-refractivity contribution in [1.82, 2.24) is 9.97 Å². The topological polar surface area (TPSA) is 35.0 Å². The monoisotopic (exact) mass is 172 g/mol. The summed E-state index contributed by atoms with van der Waals surface area (Å²) in [5.74, 6) is 1.27. The summed E-state index contributed by atoms with van der Waals surface area (Å²) in [6, 6.07) is 9.17. The number of rotatable bonds is 2. The van der Waals surface area contributed by atoms with Crippen molar-refractivity contribution in [3.05, 3.63) is 48.9 Å². The minimum Gasteiger partial charge on any atom is -0.437 e. The van der Waals surface area contributed by atoms with E-state index in [1.165, 1.54) is 0 Å². The predicted octanol–water partition coefficient (Wildman–Crippen LogP) is 2.27. The average Bonchev–Trinajstić information content (AvgIpc) is 2.21. The minimum atomic E-state index is 0.579. The van der Waals surface area contributed by atoms with Crippen molar-refractivity contribution in [2.75, 3.05) is 0 Å². The lowest BCUT2D eigenvalue weighted by molar-refractivity contribution is 0.461. The summed E-state index contributed by atoms with van der Waals surface area (Å²) in [6.07, 6.45) is 5.03. The fraction of sp³-hybridized carbons (Fsp3) is 0. The van der Waals surface area contributed by atoms with Crippen LogP contribution in [0, 0.1) is 0 Å². The summed E-state index contributed by atoms with van der Waals surface area (Å²) in [7, 11) is 0. The molecule has 0 aliphatic carbocycles. The molecule has 0 unspecified atom stereocenters. The second-order valence-corrected chi connectivity index (χ2v) is 2.46. The van der Waals surface area contributed by atoms with Crippen LogP contribution in [0.15, 0.2) is 48.9 Å². The Morgan fingerprint density at radius 1 is 1.00 bits per heavy atom. The summed E-state index contributed by atoms with van der Waals surface area (Å²) in [6.45, 7) is 0. The van der Waals surface area contributed by atoms with Crippen LogP contribution < -0.4 is 4.74 Å². The van der Waals surface area contributed by atoms with Crippen LogP contribution in [0.25, 0.3) is 0 Å². The summed E-state index contributed by atoms with van der Waals surface area (Å²) >= 11 is 0. The smallest absolute Gasteiger partial charge is 0.219 e. The van der Waals surface area contributed by atoms with Gasteiger partial charge in [0.15, 0.2) is 0 Å². The zero-order valence-corrected chi connectivity index (χ0v) is 6.92. The van der Waals surface area contributed by atoms with Gasteiger partial charge in [-0.25, -0.2) is 4.98 Å². The van der Waals surface area contributed by atoms with Crippen molar-refractivity contribution >= 4 is 0 Å². The normalized spacial score (nSPS) is 9.54. The Kier molecular flexibility index (Phi) is 2.18. The van der Waals surface area contributed by atoms with E-state index in [-0.39, 0.29) is 0 Å². The van der Waals surface area contributed by atoms with E-state index in [1.807, 2.05) is 24.3 Å². The lowest BCUT2D eigenvalue weighted by atomic mass is 10.4. The van der Waals surface area contributed by atoms with Crippen LogP contribution in [-0.2, 0) is 0 Å². The van der Waals surface area contributed by atoms with Gasteiger partial charge < -0.3 is 4.74 Å². The molecule has 0 aromatic carbocycles. The zero-order valence-electron chi connectivity index (χ0n) is 6.92. The maximum atomic E-state index is 5.40. The molecule has 13 heavy (non-hydrogen) atoms. The van der Waals surface area contributed by atoms with Gasteiger partial charge in [-0.15, -0.1) is 0 Å². The van der Waals surface area contributed by atoms with Gasteiger partial charge in [-0.3, -0.25) is 4.98 Å². The number of nitrogens with zero attached hydrogens (tertiary/aromatic N) is 2. The highest BCUT2D eigenvalue weighted by molar-refractivity contribution is 5.22. The third kappa shape index (κ3) is 2.02. The highest BCUT2D eigenvalue weighted by Crippen LogP contribution is 2.15. The molecule has 2 aromatic heterocycles. The van der Waals surface area contributed by atoms with Gasteiger partial charge in [-0.2, -0.15) is 0 Å². The molecular formula is C10H8N2O. The Hall–Kier alpha value is -1.90. The Morgan fingerprint density at radius 3 is 2.69 bits per heavy atom. The van der Waals surface area contributed by atoms with Crippen LogP contribution in [0.1, 0.15) is 0 Å². The Bertz CT molecular complexity index is 324.